The topological polar surface area (TPSA) is 9.23 Å². The Morgan fingerprint density at radius 3 is 2.40 bits per heavy atom. The van der Waals surface area contributed by atoms with E-state index in [0.717, 1.165) is 12.5 Å². The van der Waals surface area contributed by atoms with E-state index in [4.69, 9.17) is 4.74 Å². The van der Waals surface area contributed by atoms with E-state index >= 15 is 0 Å². The molecule has 2 rings (SSSR count). The lowest BCUT2D eigenvalue weighted by molar-refractivity contribution is -0.0248. The largest absolute Gasteiger partial charge is 0.375 e. The first-order valence-corrected chi connectivity index (χ1v) is 4.26. The third-order valence-corrected chi connectivity index (χ3v) is 3.71. The van der Waals surface area contributed by atoms with E-state index in [1.807, 2.05) is 0 Å². The van der Waals surface area contributed by atoms with Crippen LogP contribution in [0.25, 0.3) is 0 Å². The average Bonchev–Trinajstić information content (AvgIpc) is 2.54. The van der Waals surface area contributed by atoms with Gasteiger partial charge in [-0.1, -0.05) is 6.92 Å². The van der Waals surface area contributed by atoms with Gasteiger partial charge < -0.3 is 4.74 Å². The van der Waals surface area contributed by atoms with E-state index in [0.29, 0.717) is 5.41 Å². The molecule has 0 radical (unpaired) electrons. The van der Waals surface area contributed by atoms with E-state index in [-0.39, 0.29) is 5.60 Å². The molecule has 1 aliphatic carbocycles. The second-order valence-electron chi connectivity index (χ2n) is 4.23. The van der Waals surface area contributed by atoms with Crippen LogP contribution in [0.15, 0.2) is 0 Å². The lowest BCUT2D eigenvalue weighted by Gasteiger charge is -2.29. The lowest BCUT2D eigenvalue weighted by Crippen LogP contribution is -2.31. The van der Waals surface area contributed by atoms with Gasteiger partial charge in [-0.2, -0.15) is 0 Å². The molecule has 2 atom stereocenters. The van der Waals surface area contributed by atoms with Crippen molar-refractivity contribution in [2.24, 2.45) is 11.3 Å². The maximum Gasteiger partial charge on any atom is 0.0686 e. The fraction of sp³-hybridized carbons (Fsp3) is 1.00. The van der Waals surface area contributed by atoms with E-state index in [9.17, 15) is 0 Å². The highest BCUT2D eigenvalue weighted by Gasteiger charge is 2.66. The van der Waals surface area contributed by atoms with Gasteiger partial charge in [0.15, 0.2) is 0 Å². The van der Waals surface area contributed by atoms with Crippen LogP contribution >= 0.6 is 0 Å². The third kappa shape index (κ3) is 0.531. The fourth-order valence-corrected chi connectivity index (χ4v) is 2.65. The zero-order chi connectivity index (χ0) is 7.41. The van der Waals surface area contributed by atoms with Crippen LogP contribution in [-0.2, 0) is 4.74 Å². The monoisotopic (exact) mass is 140 g/mol. The first-order chi connectivity index (χ1) is 4.62. The molecule has 58 valence electrons. The summed E-state index contributed by atoms with van der Waals surface area (Å²) in [6, 6.07) is 0. The van der Waals surface area contributed by atoms with Crippen molar-refractivity contribution in [1.82, 2.24) is 0 Å². The van der Waals surface area contributed by atoms with Crippen molar-refractivity contribution in [3.05, 3.63) is 0 Å². The van der Waals surface area contributed by atoms with Gasteiger partial charge in [0.1, 0.15) is 0 Å². The van der Waals surface area contributed by atoms with E-state index < -0.39 is 0 Å². The minimum atomic E-state index is 0.173. The summed E-state index contributed by atoms with van der Waals surface area (Å²) in [4.78, 5) is 0. The fourth-order valence-electron chi connectivity index (χ4n) is 2.65. The number of ether oxygens (including phenoxy) is 1. The van der Waals surface area contributed by atoms with Gasteiger partial charge >= 0.3 is 0 Å². The standard InChI is InChI=1S/C9H16O/c1-4-9-5-7(9)6-10-8(9,2)3/h7H,4-6H2,1-3H3. The van der Waals surface area contributed by atoms with Crippen LogP contribution in [-0.4, -0.2) is 12.2 Å². The maximum atomic E-state index is 5.70. The molecule has 0 amide bonds. The third-order valence-electron chi connectivity index (χ3n) is 3.71. The van der Waals surface area contributed by atoms with Gasteiger partial charge in [0.25, 0.3) is 0 Å². The molecule has 1 heterocycles. The summed E-state index contributed by atoms with van der Waals surface area (Å²) in [6.07, 6.45) is 2.71. The zero-order valence-corrected chi connectivity index (χ0v) is 7.11. The zero-order valence-electron chi connectivity index (χ0n) is 7.11. The molecule has 0 aromatic rings. The van der Waals surface area contributed by atoms with Crippen molar-refractivity contribution >= 4 is 0 Å². The van der Waals surface area contributed by atoms with Gasteiger partial charge in [-0.3, -0.25) is 0 Å². The molecule has 1 nitrogen and oxygen atoms in total. The molecule has 1 aliphatic heterocycles. The molecule has 2 unspecified atom stereocenters. The molecule has 0 aromatic heterocycles. The van der Waals surface area contributed by atoms with Crippen molar-refractivity contribution in [2.45, 2.75) is 39.2 Å². The van der Waals surface area contributed by atoms with Crippen LogP contribution in [0.5, 0.6) is 0 Å². The van der Waals surface area contributed by atoms with Gasteiger partial charge in [0.05, 0.1) is 12.2 Å². The Balaban J connectivity index is 2.24. The Morgan fingerprint density at radius 1 is 1.50 bits per heavy atom. The lowest BCUT2D eigenvalue weighted by atomic mass is 9.85. The van der Waals surface area contributed by atoms with Crippen molar-refractivity contribution < 1.29 is 4.74 Å². The molecule has 1 saturated carbocycles. The average molecular weight is 140 g/mol. The summed E-state index contributed by atoms with van der Waals surface area (Å²) >= 11 is 0. The van der Waals surface area contributed by atoms with Crippen molar-refractivity contribution in [2.75, 3.05) is 6.61 Å². The number of hydrogen-bond acceptors (Lipinski definition) is 1. The van der Waals surface area contributed by atoms with Gasteiger partial charge in [0.2, 0.25) is 0 Å². The molecule has 2 aliphatic rings. The molecule has 0 aromatic carbocycles. The van der Waals surface area contributed by atoms with Gasteiger partial charge in [0, 0.05) is 5.41 Å². The normalized spacial score (nSPS) is 48.9. The Labute approximate surface area is 62.8 Å². The van der Waals surface area contributed by atoms with Crippen LogP contribution in [0, 0.1) is 11.3 Å². The first kappa shape index (κ1) is 6.66. The van der Waals surface area contributed by atoms with Crippen LogP contribution in [0.2, 0.25) is 0 Å². The minimum Gasteiger partial charge on any atom is -0.375 e. The minimum absolute atomic E-state index is 0.173. The second-order valence-corrected chi connectivity index (χ2v) is 4.23. The van der Waals surface area contributed by atoms with E-state index in [1.54, 1.807) is 0 Å². The molecule has 0 N–H and O–H groups in total. The SMILES string of the molecule is CCC12CC1COC2(C)C. The van der Waals surface area contributed by atoms with Crippen molar-refractivity contribution in [1.29, 1.82) is 0 Å². The van der Waals surface area contributed by atoms with Crippen LogP contribution in [0.3, 0.4) is 0 Å². The van der Waals surface area contributed by atoms with Crippen LogP contribution < -0.4 is 0 Å². The maximum absolute atomic E-state index is 5.70. The summed E-state index contributed by atoms with van der Waals surface area (Å²) in [7, 11) is 0. The van der Waals surface area contributed by atoms with Gasteiger partial charge in [-0.15, -0.1) is 0 Å². The van der Waals surface area contributed by atoms with Crippen LogP contribution in [0.4, 0.5) is 0 Å². The molecular formula is C9H16O. The number of hydrogen-bond donors (Lipinski definition) is 0. The first-order valence-electron chi connectivity index (χ1n) is 4.26. The summed E-state index contributed by atoms with van der Waals surface area (Å²) in [6.45, 7) is 7.78. The predicted molar refractivity (Wildman–Crippen MR) is 40.9 cm³/mol. The smallest absolute Gasteiger partial charge is 0.0686 e. The van der Waals surface area contributed by atoms with Crippen LogP contribution in [0.1, 0.15) is 33.6 Å². The Morgan fingerprint density at radius 2 is 2.20 bits per heavy atom. The summed E-state index contributed by atoms with van der Waals surface area (Å²) in [5.41, 5.74) is 0.749. The Hall–Kier alpha value is -0.0400. The van der Waals surface area contributed by atoms with Gasteiger partial charge in [-0.25, -0.2) is 0 Å². The molecule has 0 spiro atoms. The van der Waals surface area contributed by atoms with E-state index in [1.165, 1.54) is 12.8 Å². The Bertz CT molecular complexity index is 158. The molecular weight excluding hydrogens is 124 g/mol. The number of rotatable bonds is 1. The highest BCUT2D eigenvalue weighted by atomic mass is 16.5. The molecule has 0 bridgehead atoms. The molecule has 1 heteroatoms. The molecule has 1 saturated heterocycles. The van der Waals surface area contributed by atoms with E-state index in [2.05, 4.69) is 20.8 Å². The highest BCUT2D eigenvalue weighted by Crippen LogP contribution is 2.67. The predicted octanol–water partition coefficient (Wildman–Crippen LogP) is 2.21. The second kappa shape index (κ2) is 1.58. The Kier molecular flexibility index (Phi) is 1.05. The highest BCUT2D eigenvalue weighted by molar-refractivity contribution is 5.14. The molecule has 2 fully saturated rings. The van der Waals surface area contributed by atoms with Gasteiger partial charge in [-0.05, 0) is 32.6 Å². The summed E-state index contributed by atoms with van der Waals surface area (Å²) in [5, 5.41) is 0. The summed E-state index contributed by atoms with van der Waals surface area (Å²) in [5.74, 6) is 0.896. The quantitative estimate of drug-likeness (QED) is 0.542. The number of fused-ring (bicyclic) bond motifs is 1. The van der Waals surface area contributed by atoms with Crippen molar-refractivity contribution in [3.63, 3.8) is 0 Å². The molecule has 10 heavy (non-hydrogen) atoms. The van der Waals surface area contributed by atoms with Crippen molar-refractivity contribution in [3.8, 4) is 0 Å². The summed E-state index contributed by atoms with van der Waals surface area (Å²) < 4.78 is 5.70.